The number of aromatic nitrogens is 3. The minimum atomic E-state index is 0.512. The van der Waals surface area contributed by atoms with Gasteiger partial charge in [-0.25, -0.2) is 4.98 Å². The number of hydrogen-bond donors (Lipinski definition) is 1. The van der Waals surface area contributed by atoms with Crippen molar-refractivity contribution < 1.29 is 0 Å². The van der Waals surface area contributed by atoms with Crippen molar-refractivity contribution in [2.75, 3.05) is 5.73 Å². The molecule has 0 saturated heterocycles. The molecule has 0 amide bonds. The van der Waals surface area contributed by atoms with Crippen molar-refractivity contribution in [1.82, 2.24) is 19.5 Å². The molecule has 90 valence electrons. The standard InChI is InChI=1S/C12H17N5/c1-7(2)16-5-9-10(6-16)14-11-4-8(3)15-17(11)12(9)13/h4,7H,5-6,13H2,1-3H3. The van der Waals surface area contributed by atoms with Crippen LogP contribution in [0, 0.1) is 6.92 Å². The van der Waals surface area contributed by atoms with Gasteiger partial charge >= 0.3 is 0 Å². The van der Waals surface area contributed by atoms with Gasteiger partial charge in [-0.05, 0) is 20.8 Å². The predicted octanol–water partition coefficient (Wildman–Crippen LogP) is 1.34. The Morgan fingerprint density at radius 1 is 1.35 bits per heavy atom. The van der Waals surface area contributed by atoms with Gasteiger partial charge in [-0.1, -0.05) is 0 Å². The molecule has 3 rings (SSSR count). The van der Waals surface area contributed by atoms with Gasteiger partial charge in [0.25, 0.3) is 0 Å². The fourth-order valence-corrected chi connectivity index (χ4v) is 2.34. The normalized spacial score (nSPS) is 16.0. The van der Waals surface area contributed by atoms with Crippen LogP contribution in [0.5, 0.6) is 0 Å². The highest BCUT2D eigenvalue weighted by atomic mass is 15.3. The first-order chi connectivity index (χ1) is 8.06. The Balaban J connectivity index is 2.15. The van der Waals surface area contributed by atoms with E-state index in [4.69, 9.17) is 5.73 Å². The maximum Gasteiger partial charge on any atom is 0.157 e. The van der Waals surface area contributed by atoms with E-state index in [9.17, 15) is 0 Å². The van der Waals surface area contributed by atoms with Crippen molar-refractivity contribution in [3.63, 3.8) is 0 Å². The Morgan fingerprint density at radius 3 is 2.82 bits per heavy atom. The van der Waals surface area contributed by atoms with Crippen LogP contribution < -0.4 is 5.73 Å². The lowest BCUT2D eigenvalue weighted by atomic mass is 10.2. The summed E-state index contributed by atoms with van der Waals surface area (Å²) < 4.78 is 1.75. The van der Waals surface area contributed by atoms with E-state index in [1.165, 1.54) is 0 Å². The van der Waals surface area contributed by atoms with E-state index in [0.29, 0.717) is 6.04 Å². The molecule has 0 fully saturated rings. The molecule has 0 aliphatic carbocycles. The molecule has 2 aromatic heterocycles. The molecule has 0 atom stereocenters. The number of aryl methyl sites for hydroxylation is 1. The minimum absolute atomic E-state index is 0.512. The van der Waals surface area contributed by atoms with Crippen LogP contribution in [0.15, 0.2) is 6.07 Å². The molecule has 0 radical (unpaired) electrons. The lowest BCUT2D eigenvalue weighted by Gasteiger charge is -2.18. The quantitative estimate of drug-likeness (QED) is 0.804. The number of nitrogens with zero attached hydrogens (tertiary/aromatic N) is 4. The zero-order chi connectivity index (χ0) is 12.2. The first-order valence-electron chi connectivity index (χ1n) is 5.94. The zero-order valence-corrected chi connectivity index (χ0v) is 10.4. The largest absolute Gasteiger partial charge is 0.383 e. The lowest BCUT2D eigenvalue weighted by Crippen LogP contribution is -2.24. The van der Waals surface area contributed by atoms with Crippen molar-refractivity contribution in [3.8, 4) is 0 Å². The van der Waals surface area contributed by atoms with Crippen molar-refractivity contribution in [1.29, 1.82) is 0 Å². The van der Waals surface area contributed by atoms with Gasteiger partial charge in [0.15, 0.2) is 5.65 Å². The van der Waals surface area contributed by atoms with Gasteiger partial charge in [0.2, 0.25) is 0 Å². The van der Waals surface area contributed by atoms with Crippen molar-refractivity contribution in [3.05, 3.63) is 23.0 Å². The smallest absolute Gasteiger partial charge is 0.157 e. The number of hydrogen-bond acceptors (Lipinski definition) is 4. The van der Waals surface area contributed by atoms with Gasteiger partial charge < -0.3 is 5.73 Å². The second-order valence-corrected chi connectivity index (χ2v) is 4.98. The van der Waals surface area contributed by atoms with E-state index >= 15 is 0 Å². The van der Waals surface area contributed by atoms with Crippen molar-refractivity contribution in [2.24, 2.45) is 0 Å². The van der Waals surface area contributed by atoms with Crippen LogP contribution in [0.25, 0.3) is 5.65 Å². The van der Waals surface area contributed by atoms with Crippen LogP contribution in [0.4, 0.5) is 5.82 Å². The van der Waals surface area contributed by atoms with E-state index in [1.807, 2.05) is 13.0 Å². The van der Waals surface area contributed by atoms with E-state index in [0.717, 1.165) is 41.5 Å². The molecule has 5 heteroatoms. The summed E-state index contributed by atoms with van der Waals surface area (Å²) in [6.45, 7) is 8.10. The number of rotatable bonds is 1. The molecule has 2 N–H and O–H groups in total. The third kappa shape index (κ3) is 1.50. The van der Waals surface area contributed by atoms with E-state index in [2.05, 4.69) is 28.8 Å². The highest BCUT2D eigenvalue weighted by molar-refractivity contribution is 5.54. The highest BCUT2D eigenvalue weighted by Crippen LogP contribution is 2.28. The second-order valence-electron chi connectivity index (χ2n) is 4.98. The van der Waals surface area contributed by atoms with Crippen LogP contribution in [-0.4, -0.2) is 25.5 Å². The van der Waals surface area contributed by atoms with Gasteiger partial charge in [-0.15, -0.1) is 0 Å². The van der Waals surface area contributed by atoms with Crippen LogP contribution in [0.1, 0.15) is 30.8 Å². The summed E-state index contributed by atoms with van der Waals surface area (Å²) in [6, 6.07) is 2.48. The summed E-state index contributed by atoms with van der Waals surface area (Å²) in [5.41, 5.74) is 10.2. The minimum Gasteiger partial charge on any atom is -0.383 e. The first-order valence-corrected chi connectivity index (χ1v) is 5.94. The van der Waals surface area contributed by atoms with Gasteiger partial charge in [-0.2, -0.15) is 9.61 Å². The van der Waals surface area contributed by atoms with E-state index in [1.54, 1.807) is 4.52 Å². The molecule has 1 aliphatic heterocycles. The van der Waals surface area contributed by atoms with Crippen molar-refractivity contribution in [2.45, 2.75) is 39.9 Å². The maximum atomic E-state index is 6.18. The van der Waals surface area contributed by atoms with E-state index < -0.39 is 0 Å². The monoisotopic (exact) mass is 231 g/mol. The highest BCUT2D eigenvalue weighted by Gasteiger charge is 2.26. The van der Waals surface area contributed by atoms with Crippen LogP contribution in [-0.2, 0) is 13.1 Å². The van der Waals surface area contributed by atoms with Crippen molar-refractivity contribution >= 4 is 11.5 Å². The fraction of sp³-hybridized carbons (Fsp3) is 0.500. The Hall–Kier alpha value is -1.62. The first kappa shape index (κ1) is 10.5. The molecule has 0 aromatic carbocycles. The molecule has 0 bridgehead atoms. The molecule has 17 heavy (non-hydrogen) atoms. The summed E-state index contributed by atoms with van der Waals surface area (Å²) in [7, 11) is 0. The van der Waals surface area contributed by atoms with Gasteiger partial charge in [0.05, 0.1) is 11.4 Å². The number of nitrogen functional groups attached to an aromatic ring is 1. The average molecular weight is 231 g/mol. The van der Waals surface area contributed by atoms with E-state index in [-0.39, 0.29) is 0 Å². The molecule has 0 spiro atoms. The summed E-state index contributed by atoms with van der Waals surface area (Å²) in [5.74, 6) is 0.737. The second kappa shape index (κ2) is 3.43. The summed E-state index contributed by atoms with van der Waals surface area (Å²) in [6.07, 6.45) is 0. The van der Waals surface area contributed by atoms with Crippen LogP contribution in [0.2, 0.25) is 0 Å². The summed E-state index contributed by atoms with van der Waals surface area (Å²) >= 11 is 0. The average Bonchev–Trinajstić information content (AvgIpc) is 2.81. The summed E-state index contributed by atoms with van der Waals surface area (Å²) in [5, 5.41) is 4.37. The molecule has 5 nitrogen and oxygen atoms in total. The molecular formula is C12H17N5. The SMILES string of the molecule is Cc1cc2nc3c(c(N)n2n1)CN(C(C)C)C3. The number of fused-ring (bicyclic) bond motifs is 2. The predicted molar refractivity (Wildman–Crippen MR) is 66.5 cm³/mol. The number of anilines is 1. The lowest BCUT2D eigenvalue weighted by molar-refractivity contribution is 0.226. The number of nitrogens with two attached hydrogens (primary N) is 1. The molecule has 1 aliphatic rings. The van der Waals surface area contributed by atoms with Crippen LogP contribution in [0.3, 0.4) is 0 Å². The van der Waals surface area contributed by atoms with Gasteiger partial charge in [-0.3, -0.25) is 4.90 Å². The molecule has 0 saturated carbocycles. The third-order valence-corrected chi connectivity index (χ3v) is 3.39. The topological polar surface area (TPSA) is 59.4 Å². The van der Waals surface area contributed by atoms with Crippen LogP contribution >= 0.6 is 0 Å². The Bertz CT molecular complexity index is 584. The third-order valence-electron chi connectivity index (χ3n) is 3.39. The summed E-state index contributed by atoms with van der Waals surface area (Å²) in [4.78, 5) is 7.01. The fourth-order valence-electron chi connectivity index (χ4n) is 2.34. The molecular weight excluding hydrogens is 214 g/mol. The Morgan fingerprint density at radius 2 is 2.12 bits per heavy atom. The Labute approximate surface area is 100 Å². The van der Waals surface area contributed by atoms with Gasteiger partial charge in [0.1, 0.15) is 5.82 Å². The van der Waals surface area contributed by atoms with Gasteiger partial charge in [0, 0.05) is 30.8 Å². The maximum absolute atomic E-state index is 6.18. The molecule has 0 unspecified atom stereocenters. The zero-order valence-electron chi connectivity index (χ0n) is 10.4. The molecule has 3 heterocycles. The molecule has 2 aromatic rings. The Kier molecular flexibility index (Phi) is 2.13.